The second-order valence-corrected chi connectivity index (χ2v) is 7.33. The largest absolute Gasteiger partial charge is 0.493 e. The van der Waals surface area contributed by atoms with Crippen molar-refractivity contribution in [3.63, 3.8) is 0 Å². The minimum absolute atomic E-state index is 0.0174. The highest BCUT2D eigenvalue weighted by Gasteiger charge is 2.22. The Morgan fingerprint density at radius 2 is 1.72 bits per heavy atom. The van der Waals surface area contributed by atoms with Gasteiger partial charge in [0.05, 0.1) is 18.7 Å². The predicted molar refractivity (Wildman–Crippen MR) is 113 cm³/mol. The first-order valence-electron chi connectivity index (χ1n) is 9.81. The van der Waals surface area contributed by atoms with Crippen molar-refractivity contribution < 1.29 is 14.3 Å². The summed E-state index contributed by atoms with van der Waals surface area (Å²) in [6.07, 6.45) is 0. The highest BCUT2D eigenvalue weighted by atomic mass is 35.5. The number of hydrogen-bond donors (Lipinski definition) is 1. The fourth-order valence-corrected chi connectivity index (χ4v) is 3.43. The van der Waals surface area contributed by atoms with Crippen LogP contribution in [0.1, 0.15) is 22.8 Å². The summed E-state index contributed by atoms with van der Waals surface area (Å²) in [5.41, 5.74) is 1.64. The monoisotopic (exact) mass is 415 g/mol. The van der Waals surface area contributed by atoms with Gasteiger partial charge in [-0.3, -0.25) is 14.5 Å². The van der Waals surface area contributed by atoms with Gasteiger partial charge in [-0.05, 0) is 36.8 Å². The topological polar surface area (TPSA) is 61.9 Å². The maximum atomic E-state index is 12.5. The third-order valence-electron chi connectivity index (χ3n) is 4.88. The first-order valence-corrected chi connectivity index (χ1v) is 10.2. The van der Waals surface area contributed by atoms with Crippen molar-refractivity contribution in [3.8, 4) is 5.75 Å². The molecule has 0 aromatic heterocycles. The van der Waals surface area contributed by atoms with E-state index in [2.05, 4.69) is 10.2 Å². The fourth-order valence-electron chi connectivity index (χ4n) is 3.30. The van der Waals surface area contributed by atoms with E-state index < -0.39 is 0 Å². The van der Waals surface area contributed by atoms with Gasteiger partial charge in [0.1, 0.15) is 5.75 Å². The van der Waals surface area contributed by atoms with Gasteiger partial charge in [-0.2, -0.15) is 0 Å². The molecule has 0 unspecified atom stereocenters. The van der Waals surface area contributed by atoms with Crippen LogP contribution in [0.3, 0.4) is 0 Å². The van der Waals surface area contributed by atoms with Crippen molar-refractivity contribution >= 4 is 23.4 Å². The SMILES string of the molecule is CCOc1ccccc1C(=O)NCC(=O)N1CCN(Cc2ccc(Cl)cc2)CC1. The molecule has 29 heavy (non-hydrogen) atoms. The third kappa shape index (κ3) is 5.95. The summed E-state index contributed by atoms with van der Waals surface area (Å²) < 4.78 is 5.48. The number of rotatable bonds is 7. The average molecular weight is 416 g/mol. The molecule has 1 fully saturated rings. The number of para-hydroxylation sites is 1. The first kappa shape index (κ1) is 21.1. The van der Waals surface area contributed by atoms with Gasteiger partial charge in [-0.1, -0.05) is 35.9 Å². The molecule has 1 saturated heterocycles. The zero-order valence-electron chi connectivity index (χ0n) is 16.6. The van der Waals surface area contributed by atoms with Gasteiger partial charge in [0, 0.05) is 37.7 Å². The number of piperazine rings is 1. The number of benzene rings is 2. The van der Waals surface area contributed by atoms with Crippen molar-refractivity contribution in [2.24, 2.45) is 0 Å². The zero-order chi connectivity index (χ0) is 20.6. The number of amides is 2. The molecular formula is C22H26ClN3O3. The van der Waals surface area contributed by atoms with E-state index in [1.165, 1.54) is 5.56 Å². The van der Waals surface area contributed by atoms with Gasteiger partial charge in [0.25, 0.3) is 5.91 Å². The molecule has 154 valence electrons. The van der Waals surface area contributed by atoms with E-state index in [9.17, 15) is 9.59 Å². The van der Waals surface area contributed by atoms with Gasteiger partial charge >= 0.3 is 0 Å². The molecular weight excluding hydrogens is 390 g/mol. The Kier molecular flexibility index (Phi) is 7.49. The Labute approximate surface area is 176 Å². The van der Waals surface area contributed by atoms with Gasteiger partial charge in [0.15, 0.2) is 0 Å². The lowest BCUT2D eigenvalue weighted by atomic mass is 10.2. The minimum Gasteiger partial charge on any atom is -0.493 e. The number of nitrogens with zero attached hydrogens (tertiary/aromatic N) is 2. The van der Waals surface area contributed by atoms with Gasteiger partial charge < -0.3 is 15.0 Å². The summed E-state index contributed by atoms with van der Waals surface area (Å²) in [6, 6.07) is 14.9. The Morgan fingerprint density at radius 3 is 2.41 bits per heavy atom. The highest BCUT2D eigenvalue weighted by molar-refractivity contribution is 6.30. The molecule has 0 bridgehead atoms. The summed E-state index contributed by atoms with van der Waals surface area (Å²) >= 11 is 5.93. The van der Waals surface area contributed by atoms with Crippen LogP contribution in [0.15, 0.2) is 48.5 Å². The lowest BCUT2D eigenvalue weighted by molar-refractivity contribution is -0.131. The predicted octanol–water partition coefficient (Wildman–Crippen LogP) is 2.81. The Bertz CT molecular complexity index is 833. The van der Waals surface area contributed by atoms with Gasteiger partial charge in [-0.15, -0.1) is 0 Å². The zero-order valence-corrected chi connectivity index (χ0v) is 17.3. The lowest BCUT2D eigenvalue weighted by Gasteiger charge is -2.34. The second kappa shape index (κ2) is 10.3. The van der Waals surface area contributed by atoms with Crippen molar-refractivity contribution in [3.05, 3.63) is 64.7 Å². The van der Waals surface area contributed by atoms with Crippen LogP contribution in [-0.2, 0) is 11.3 Å². The quantitative estimate of drug-likeness (QED) is 0.755. The number of halogens is 1. The summed E-state index contributed by atoms with van der Waals surface area (Å²) in [5, 5.41) is 3.45. The fraction of sp³-hybridized carbons (Fsp3) is 0.364. The number of carbonyl (C=O) groups excluding carboxylic acids is 2. The molecule has 2 aromatic carbocycles. The molecule has 1 heterocycles. The second-order valence-electron chi connectivity index (χ2n) is 6.90. The molecule has 1 aliphatic heterocycles. The smallest absolute Gasteiger partial charge is 0.255 e. The molecule has 0 radical (unpaired) electrons. The van der Waals surface area contributed by atoms with Crippen LogP contribution < -0.4 is 10.1 Å². The van der Waals surface area contributed by atoms with Crippen LogP contribution in [-0.4, -0.2) is 60.9 Å². The van der Waals surface area contributed by atoms with Gasteiger partial charge in [-0.25, -0.2) is 0 Å². The van der Waals surface area contributed by atoms with E-state index in [1.54, 1.807) is 23.1 Å². The molecule has 2 amide bonds. The number of ether oxygens (including phenoxy) is 1. The summed E-state index contributed by atoms with van der Waals surface area (Å²) in [4.78, 5) is 29.0. The van der Waals surface area contributed by atoms with Crippen LogP contribution in [0, 0.1) is 0 Å². The van der Waals surface area contributed by atoms with E-state index in [4.69, 9.17) is 16.3 Å². The van der Waals surface area contributed by atoms with Crippen LogP contribution in [0.2, 0.25) is 5.02 Å². The third-order valence-corrected chi connectivity index (χ3v) is 5.13. The van der Waals surface area contributed by atoms with Crippen LogP contribution in [0.4, 0.5) is 0 Å². The van der Waals surface area contributed by atoms with Crippen molar-refractivity contribution in [2.45, 2.75) is 13.5 Å². The van der Waals surface area contributed by atoms with Crippen LogP contribution >= 0.6 is 11.6 Å². The van der Waals surface area contributed by atoms with E-state index in [-0.39, 0.29) is 18.4 Å². The molecule has 6 nitrogen and oxygen atoms in total. The Morgan fingerprint density at radius 1 is 1.03 bits per heavy atom. The van der Waals surface area contributed by atoms with Gasteiger partial charge in [0.2, 0.25) is 5.91 Å². The minimum atomic E-state index is -0.302. The molecule has 0 spiro atoms. The average Bonchev–Trinajstić information content (AvgIpc) is 2.74. The maximum Gasteiger partial charge on any atom is 0.255 e. The first-order chi connectivity index (χ1) is 14.1. The molecule has 1 aliphatic rings. The lowest BCUT2D eigenvalue weighted by Crippen LogP contribution is -2.50. The van der Waals surface area contributed by atoms with E-state index >= 15 is 0 Å². The van der Waals surface area contributed by atoms with E-state index in [0.29, 0.717) is 31.0 Å². The van der Waals surface area contributed by atoms with Crippen molar-refractivity contribution in [2.75, 3.05) is 39.3 Å². The standard InChI is InChI=1S/C22H26ClN3O3/c1-2-29-20-6-4-3-5-19(20)22(28)24-15-21(27)26-13-11-25(12-14-26)16-17-7-9-18(23)10-8-17/h3-10H,2,11-16H2,1H3,(H,24,28). The molecule has 1 N–H and O–H groups in total. The number of nitrogens with one attached hydrogen (secondary N) is 1. The van der Waals surface area contributed by atoms with E-state index in [0.717, 1.165) is 24.7 Å². The maximum absolute atomic E-state index is 12.5. The molecule has 3 rings (SSSR count). The summed E-state index contributed by atoms with van der Waals surface area (Å²) in [7, 11) is 0. The summed E-state index contributed by atoms with van der Waals surface area (Å²) in [6.45, 7) is 6.07. The molecule has 0 atom stereocenters. The molecule has 0 saturated carbocycles. The molecule has 2 aromatic rings. The number of hydrogen-bond acceptors (Lipinski definition) is 4. The molecule has 7 heteroatoms. The molecule has 0 aliphatic carbocycles. The number of carbonyl (C=O) groups is 2. The Hall–Kier alpha value is -2.57. The van der Waals surface area contributed by atoms with Crippen molar-refractivity contribution in [1.29, 1.82) is 0 Å². The van der Waals surface area contributed by atoms with Crippen LogP contribution in [0.25, 0.3) is 0 Å². The summed E-state index contributed by atoms with van der Waals surface area (Å²) in [5.74, 6) is 0.151. The Balaban J connectivity index is 1.45. The van der Waals surface area contributed by atoms with Crippen LogP contribution in [0.5, 0.6) is 5.75 Å². The van der Waals surface area contributed by atoms with Crippen molar-refractivity contribution in [1.82, 2.24) is 15.1 Å². The highest BCUT2D eigenvalue weighted by Crippen LogP contribution is 2.17. The van der Waals surface area contributed by atoms with E-state index in [1.807, 2.05) is 37.3 Å². The normalized spacial score (nSPS) is 14.5.